The summed E-state index contributed by atoms with van der Waals surface area (Å²) in [5.41, 5.74) is 0.434. The number of aromatic nitrogens is 2. The van der Waals surface area contributed by atoms with Gasteiger partial charge in [-0.25, -0.2) is 9.78 Å². The Labute approximate surface area is 154 Å². The molecule has 140 valence electrons. The third kappa shape index (κ3) is 3.57. The zero-order valence-corrected chi connectivity index (χ0v) is 15.9. The lowest BCUT2D eigenvalue weighted by atomic mass is 10.1. The van der Waals surface area contributed by atoms with Gasteiger partial charge in [-0.15, -0.1) is 11.3 Å². The molecule has 0 spiro atoms. The van der Waals surface area contributed by atoms with Gasteiger partial charge in [-0.1, -0.05) is 0 Å². The van der Waals surface area contributed by atoms with Gasteiger partial charge in [0, 0.05) is 19.1 Å². The summed E-state index contributed by atoms with van der Waals surface area (Å²) in [4.78, 5) is 46.3. The number of piperidine rings is 1. The molecule has 3 heterocycles. The highest BCUT2D eigenvalue weighted by Crippen LogP contribution is 2.27. The van der Waals surface area contributed by atoms with E-state index < -0.39 is 0 Å². The Hall–Kier alpha value is -2.42. The van der Waals surface area contributed by atoms with Crippen molar-refractivity contribution in [1.29, 1.82) is 0 Å². The second-order valence-electron chi connectivity index (χ2n) is 6.32. The molecule has 0 saturated carbocycles. The fraction of sp³-hybridized carbons (Fsp3) is 0.529. The molecule has 2 amide bonds. The summed E-state index contributed by atoms with van der Waals surface area (Å²) < 4.78 is 5.00. The fourth-order valence-corrected chi connectivity index (χ4v) is 4.27. The second kappa shape index (κ2) is 7.45. The number of ether oxygens (including phenoxy) is 1. The average molecular weight is 378 g/mol. The fourth-order valence-electron chi connectivity index (χ4n) is 3.14. The van der Waals surface area contributed by atoms with Crippen molar-refractivity contribution < 1.29 is 14.3 Å². The van der Waals surface area contributed by atoms with Crippen LogP contribution in [-0.2, 0) is 4.74 Å². The van der Waals surface area contributed by atoms with Gasteiger partial charge in [-0.05, 0) is 39.2 Å². The molecule has 0 aromatic carbocycles. The molecular weight excluding hydrogens is 356 g/mol. The van der Waals surface area contributed by atoms with Gasteiger partial charge in [-0.3, -0.25) is 9.59 Å². The summed E-state index contributed by atoms with van der Waals surface area (Å²) in [6, 6.07) is -0.00855. The van der Waals surface area contributed by atoms with Crippen LogP contribution in [0.5, 0.6) is 0 Å². The molecule has 3 rings (SSSR count). The van der Waals surface area contributed by atoms with Crippen LogP contribution in [0.25, 0.3) is 10.2 Å². The van der Waals surface area contributed by atoms with E-state index in [1.807, 2.05) is 0 Å². The number of likely N-dealkylation sites (tertiary alicyclic amines) is 1. The van der Waals surface area contributed by atoms with Gasteiger partial charge in [0.05, 0.1) is 16.9 Å². The number of carbonyl (C=O) groups is 2. The van der Waals surface area contributed by atoms with Gasteiger partial charge in [0.1, 0.15) is 10.7 Å². The highest BCUT2D eigenvalue weighted by atomic mass is 32.1. The first-order chi connectivity index (χ1) is 12.4. The summed E-state index contributed by atoms with van der Waals surface area (Å²) >= 11 is 1.23. The smallest absolute Gasteiger partial charge is 0.409 e. The number of aromatic amines is 1. The van der Waals surface area contributed by atoms with Gasteiger partial charge in [0.15, 0.2) is 0 Å². The van der Waals surface area contributed by atoms with Crippen molar-refractivity contribution >= 4 is 33.6 Å². The molecule has 1 fully saturated rings. The third-order valence-corrected chi connectivity index (χ3v) is 5.67. The van der Waals surface area contributed by atoms with Gasteiger partial charge in [0.2, 0.25) is 0 Å². The van der Waals surface area contributed by atoms with Crippen LogP contribution in [0, 0.1) is 13.8 Å². The first kappa shape index (κ1) is 18.4. The molecule has 8 nitrogen and oxygen atoms in total. The number of amides is 2. The summed E-state index contributed by atoms with van der Waals surface area (Å²) in [6.07, 6.45) is 1.04. The number of nitrogens with zero attached hydrogens (tertiary/aromatic N) is 2. The van der Waals surface area contributed by atoms with Gasteiger partial charge in [-0.2, -0.15) is 0 Å². The maximum atomic E-state index is 12.7. The molecule has 1 aliphatic heterocycles. The summed E-state index contributed by atoms with van der Waals surface area (Å²) in [6.45, 7) is 6.72. The minimum absolute atomic E-state index is 0.00855. The van der Waals surface area contributed by atoms with Crippen LogP contribution in [0.4, 0.5) is 4.79 Å². The molecule has 0 bridgehead atoms. The standard InChI is InChI=1S/C17H22N4O4S/c1-4-25-17(24)21-7-5-11(6-8-21)20-15(23)13-9(2)12-14(22)18-10(3)19-16(12)26-13/h11H,4-8H2,1-3H3,(H,20,23)(H,18,19,22). The Balaban J connectivity index is 1.69. The minimum atomic E-state index is -0.307. The highest BCUT2D eigenvalue weighted by molar-refractivity contribution is 7.20. The van der Waals surface area contributed by atoms with E-state index in [1.54, 1.807) is 25.7 Å². The number of rotatable bonds is 3. The van der Waals surface area contributed by atoms with E-state index >= 15 is 0 Å². The lowest BCUT2D eigenvalue weighted by Gasteiger charge is -2.31. The van der Waals surface area contributed by atoms with Crippen LogP contribution in [0.3, 0.4) is 0 Å². The maximum Gasteiger partial charge on any atom is 0.409 e. The van der Waals surface area contributed by atoms with Crippen molar-refractivity contribution in [3.63, 3.8) is 0 Å². The third-order valence-electron chi connectivity index (χ3n) is 4.48. The van der Waals surface area contributed by atoms with Crippen LogP contribution >= 0.6 is 11.3 Å². The van der Waals surface area contributed by atoms with Gasteiger partial charge < -0.3 is 19.9 Å². The molecule has 0 aliphatic carbocycles. The average Bonchev–Trinajstić information content (AvgIpc) is 2.92. The van der Waals surface area contributed by atoms with Crippen LogP contribution in [0.15, 0.2) is 4.79 Å². The van der Waals surface area contributed by atoms with E-state index in [0.29, 0.717) is 59.0 Å². The Morgan fingerprint density at radius 1 is 1.35 bits per heavy atom. The number of thiophene rings is 1. The number of hydrogen-bond acceptors (Lipinski definition) is 6. The number of hydrogen-bond donors (Lipinski definition) is 2. The molecule has 2 aromatic rings. The number of carbonyl (C=O) groups excluding carboxylic acids is 2. The van der Waals surface area contributed by atoms with E-state index in [0.717, 1.165) is 0 Å². The van der Waals surface area contributed by atoms with Crippen molar-refractivity contribution in [2.45, 2.75) is 39.7 Å². The minimum Gasteiger partial charge on any atom is -0.450 e. The summed E-state index contributed by atoms with van der Waals surface area (Å²) in [5, 5.41) is 3.49. The lowest BCUT2D eigenvalue weighted by molar-refractivity contribution is 0.0862. The topological polar surface area (TPSA) is 104 Å². The molecule has 0 radical (unpaired) electrons. The molecule has 1 aliphatic rings. The quantitative estimate of drug-likeness (QED) is 0.849. The Morgan fingerprint density at radius 3 is 2.69 bits per heavy atom. The van der Waals surface area contributed by atoms with Crippen molar-refractivity contribution in [1.82, 2.24) is 20.2 Å². The van der Waals surface area contributed by atoms with E-state index in [1.165, 1.54) is 11.3 Å². The normalized spacial score (nSPS) is 15.3. The molecule has 1 saturated heterocycles. The van der Waals surface area contributed by atoms with Crippen LogP contribution < -0.4 is 10.9 Å². The van der Waals surface area contributed by atoms with E-state index in [-0.39, 0.29) is 23.6 Å². The monoisotopic (exact) mass is 378 g/mol. The predicted molar refractivity (Wildman–Crippen MR) is 98.8 cm³/mol. The SMILES string of the molecule is CCOC(=O)N1CCC(NC(=O)c2sc3nc(C)[nH]c(=O)c3c2C)CC1. The van der Waals surface area contributed by atoms with Crippen molar-refractivity contribution in [3.8, 4) is 0 Å². The van der Waals surface area contributed by atoms with Crippen LogP contribution in [0.2, 0.25) is 0 Å². The molecule has 9 heteroatoms. The lowest BCUT2D eigenvalue weighted by Crippen LogP contribution is -2.46. The zero-order chi connectivity index (χ0) is 18.8. The van der Waals surface area contributed by atoms with E-state index in [4.69, 9.17) is 4.74 Å². The van der Waals surface area contributed by atoms with E-state index in [9.17, 15) is 14.4 Å². The molecular formula is C17H22N4O4S. The van der Waals surface area contributed by atoms with Crippen molar-refractivity contribution in [3.05, 3.63) is 26.6 Å². The van der Waals surface area contributed by atoms with Crippen molar-refractivity contribution in [2.75, 3.05) is 19.7 Å². The second-order valence-corrected chi connectivity index (χ2v) is 7.32. The maximum absolute atomic E-state index is 12.7. The summed E-state index contributed by atoms with van der Waals surface area (Å²) in [5.74, 6) is 0.333. The number of fused-ring (bicyclic) bond motifs is 1. The molecule has 2 N–H and O–H groups in total. The Morgan fingerprint density at radius 2 is 2.04 bits per heavy atom. The molecule has 26 heavy (non-hydrogen) atoms. The number of H-pyrrole nitrogens is 1. The van der Waals surface area contributed by atoms with E-state index in [2.05, 4.69) is 15.3 Å². The molecule has 0 unspecified atom stereocenters. The largest absolute Gasteiger partial charge is 0.450 e. The van der Waals surface area contributed by atoms with Crippen LogP contribution in [-0.4, -0.2) is 52.6 Å². The Kier molecular flexibility index (Phi) is 5.26. The van der Waals surface area contributed by atoms with Crippen LogP contribution in [0.1, 0.15) is 40.8 Å². The zero-order valence-electron chi connectivity index (χ0n) is 15.0. The first-order valence-electron chi connectivity index (χ1n) is 8.63. The summed E-state index contributed by atoms with van der Waals surface area (Å²) in [7, 11) is 0. The number of nitrogens with one attached hydrogen (secondary N) is 2. The van der Waals surface area contributed by atoms with Crippen molar-refractivity contribution in [2.24, 2.45) is 0 Å². The Bertz CT molecular complexity index is 896. The predicted octanol–water partition coefficient (Wildman–Crippen LogP) is 1.95. The van der Waals surface area contributed by atoms with Gasteiger partial charge in [0.25, 0.3) is 11.5 Å². The molecule has 0 atom stereocenters. The number of aryl methyl sites for hydroxylation is 2. The first-order valence-corrected chi connectivity index (χ1v) is 9.45. The molecule has 2 aromatic heterocycles. The van der Waals surface area contributed by atoms with Gasteiger partial charge >= 0.3 is 6.09 Å². The highest BCUT2D eigenvalue weighted by Gasteiger charge is 2.26.